The third-order valence-corrected chi connectivity index (χ3v) is 3.44. The topological polar surface area (TPSA) is 83.9 Å². The van der Waals surface area contributed by atoms with Crippen molar-refractivity contribution in [3.8, 4) is 0 Å². The number of nitrogens with zero attached hydrogens (tertiary/aromatic N) is 1. The fourth-order valence-corrected chi connectivity index (χ4v) is 2.26. The Hall–Kier alpha value is -2.63. The van der Waals surface area contributed by atoms with Gasteiger partial charge in [0.05, 0.1) is 6.54 Å². The average molecular weight is 303 g/mol. The summed E-state index contributed by atoms with van der Waals surface area (Å²) in [4.78, 5) is 36.2. The number of rotatable bonds is 4. The summed E-state index contributed by atoms with van der Waals surface area (Å²) in [7, 11) is 0. The van der Waals surface area contributed by atoms with Crippen LogP contribution in [-0.4, -0.2) is 35.4 Å². The lowest BCUT2D eigenvalue weighted by Gasteiger charge is -2.24. The molecule has 1 amide bonds. The van der Waals surface area contributed by atoms with Gasteiger partial charge in [-0.05, 0) is 26.0 Å². The molecule has 1 aromatic rings. The zero-order chi connectivity index (χ0) is 16.4. The van der Waals surface area contributed by atoms with Crippen molar-refractivity contribution >= 4 is 23.3 Å². The number of carbonyl (C=O) groups is 3. The Morgan fingerprint density at radius 1 is 1.23 bits per heavy atom. The molecule has 0 bridgehead atoms. The first-order chi connectivity index (χ1) is 10.3. The zero-order valence-corrected chi connectivity index (χ0v) is 12.6. The van der Waals surface area contributed by atoms with E-state index in [9.17, 15) is 19.5 Å². The summed E-state index contributed by atoms with van der Waals surface area (Å²) in [5, 5.41) is 9.99. The van der Waals surface area contributed by atoms with Crippen molar-refractivity contribution in [3.05, 3.63) is 41.2 Å². The minimum absolute atomic E-state index is 0.0489. The summed E-state index contributed by atoms with van der Waals surface area (Å²) >= 11 is 0. The highest BCUT2D eigenvalue weighted by molar-refractivity contribution is 6.18. The van der Waals surface area contributed by atoms with E-state index in [-0.39, 0.29) is 18.0 Å². The van der Waals surface area contributed by atoms with Gasteiger partial charge in [-0.15, -0.1) is 0 Å². The summed E-state index contributed by atoms with van der Waals surface area (Å²) in [5.74, 6) is -2.10. The van der Waals surface area contributed by atoms with Gasteiger partial charge in [0.15, 0.2) is 17.6 Å². The normalized spacial score (nSPS) is 17.4. The smallest absolute Gasteiger partial charge is 0.346 e. The Balaban J connectivity index is 2.27. The molecule has 116 valence electrons. The maximum Gasteiger partial charge on any atom is 0.346 e. The van der Waals surface area contributed by atoms with Crippen LogP contribution in [0, 0.1) is 6.92 Å². The molecule has 2 rings (SSSR count). The fourth-order valence-electron chi connectivity index (χ4n) is 2.26. The second kappa shape index (κ2) is 6.01. The first-order valence-corrected chi connectivity index (χ1v) is 6.81. The van der Waals surface area contributed by atoms with Crippen LogP contribution < -0.4 is 4.90 Å². The van der Waals surface area contributed by atoms with Gasteiger partial charge in [0.2, 0.25) is 5.91 Å². The van der Waals surface area contributed by atoms with Crippen molar-refractivity contribution in [1.29, 1.82) is 0 Å². The number of cyclic esters (lactones) is 1. The molecule has 1 aliphatic rings. The third-order valence-electron chi connectivity index (χ3n) is 3.44. The molecule has 1 aliphatic heterocycles. The Bertz CT molecular complexity index is 660. The highest BCUT2D eigenvalue weighted by atomic mass is 16.6. The molecule has 1 aromatic carbocycles. The van der Waals surface area contributed by atoms with Gasteiger partial charge in [-0.25, -0.2) is 4.79 Å². The van der Waals surface area contributed by atoms with E-state index < -0.39 is 23.6 Å². The number of anilines is 1. The molecule has 1 atom stereocenters. The van der Waals surface area contributed by atoms with Crippen molar-refractivity contribution in [1.82, 2.24) is 0 Å². The van der Waals surface area contributed by atoms with Gasteiger partial charge in [0.25, 0.3) is 0 Å². The van der Waals surface area contributed by atoms with Gasteiger partial charge in [0.1, 0.15) is 5.57 Å². The molecule has 1 N–H and O–H groups in total. The molecule has 1 unspecified atom stereocenters. The lowest BCUT2D eigenvalue weighted by Crippen LogP contribution is -2.37. The van der Waals surface area contributed by atoms with E-state index in [1.165, 1.54) is 18.7 Å². The number of ketones is 1. The van der Waals surface area contributed by atoms with Gasteiger partial charge in [-0.2, -0.15) is 0 Å². The number of esters is 1. The van der Waals surface area contributed by atoms with Crippen molar-refractivity contribution in [2.75, 3.05) is 11.4 Å². The van der Waals surface area contributed by atoms with Gasteiger partial charge >= 0.3 is 5.97 Å². The number of aryl methyl sites for hydroxylation is 1. The van der Waals surface area contributed by atoms with Crippen LogP contribution in [0.4, 0.5) is 5.69 Å². The van der Waals surface area contributed by atoms with E-state index in [1.807, 2.05) is 19.1 Å². The van der Waals surface area contributed by atoms with Crippen LogP contribution in [0.15, 0.2) is 35.6 Å². The molecule has 0 radical (unpaired) electrons. The predicted octanol–water partition coefficient (Wildman–Crippen LogP) is 1.67. The predicted molar refractivity (Wildman–Crippen MR) is 79.4 cm³/mol. The molecule has 6 nitrogen and oxygen atoms in total. The maximum atomic E-state index is 11.8. The number of hydrogen-bond acceptors (Lipinski definition) is 5. The van der Waals surface area contributed by atoms with Crippen LogP contribution >= 0.6 is 0 Å². The lowest BCUT2D eigenvalue weighted by atomic mass is 10.1. The minimum Gasteiger partial charge on any atom is -0.507 e. The van der Waals surface area contributed by atoms with Gasteiger partial charge in [0, 0.05) is 12.6 Å². The zero-order valence-electron chi connectivity index (χ0n) is 12.6. The maximum absolute atomic E-state index is 11.8. The molecule has 22 heavy (non-hydrogen) atoms. The molecular formula is C16H17NO5. The number of amides is 1. The second-order valence-corrected chi connectivity index (χ2v) is 5.18. The largest absolute Gasteiger partial charge is 0.507 e. The molecule has 0 saturated carbocycles. The van der Waals surface area contributed by atoms with E-state index in [4.69, 9.17) is 4.74 Å². The van der Waals surface area contributed by atoms with Crippen molar-refractivity contribution < 1.29 is 24.2 Å². The van der Waals surface area contributed by atoms with Crippen molar-refractivity contribution in [3.63, 3.8) is 0 Å². The molecule has 0 spiro atoms. The Kier molecular flexibility index (Phi) is 4.30. The third kappa shape index (κ3) is 3.00. The summed E-state index contributed by atoms with van der Waals surface area (Å²) in [5.41, 5.74) is 1.32. The number of Topliss-reactive ketones (excluding diaryl/α,β-unsaturated/α-hetero) is 1. The number of hydrogen-bond donors (Lipinski definition) is 1. The van der Waals surface area contributed by atoms with Crippen molar-refractivity contribution in [2.24, 2.45) is 0 Å². The van der Waals surface area contributed by atoms with Crippen molar-refractivity contribution in [2.45, 2.75) is 26.9 Å². The van der Waals surface area contributed by atoms with Crippen LogP contribution in [-0.2, 0) is 19.1 Å². The minimum atomic E-state index is -1.03. The fraction of sp³-hybridized carbons (Fsp3) is 0.312. The van der Waals surface area contributed by atoms with E-state index >= 15 is 0 Å². The van der Waals surface area contributed by atoms with Gasteiger partial charge in [-0.3, -0.25) is 9.59 Å². The van der Waals surface area contributed by atoms with E-state index in [2.05, 4.69) is 0 Å². The number of aliphatic hydroxyl groups excluding tert-OH is 1. The number of carbonyl (C=O) groups excluding carboxylic acids is 3. The van der Waals surface area contributed by atoms with E-state index in [1.54, 1.807) is 12.1 Å². The number of aliphatic hydroxyl groups is 1. The Labute approximate surface area is 128 Å². The summed E-state index contributed by atoms with van der Waals surface area (Å²) in [6, 6.07) is 7.23. The summed E-state index contributed by atoms with van der Waals surface area (Å²) in [6.07, 6.45) is -1.03. The van der Waals surface area contributed by atoms with Crippen LogP contribution in [0.25, 0.3) is 0 Å². The highest BCUT2D eigenvalue weighted by Crippen LogP contribution is 2.24. The molecule has 6 heteroatoms. The van der Waals surface area contributed by atoms with E-state index in [0.29, 0.717) is 5.69 Å². The van der Waals surface area contributed by atoms with Crippen LogP contribution in [0.1, 0.15) is 19.4 Å². The number of ether oxygens (including phenoxy) is 1. The standard InChI is InChI=1S/C16H17NO5/c1-9-4-6-12(7-5-9)17(11(3)19)8-13-15(20)14(10(2)18)16(21)22-13/h4-7,13,20H,8H2,1-3H3. The van der Waals surface area contributed by atoms with Crippen LogP contribution in [0.5, 0.6) is 0 Å². The molecular weight excluding hydrogens is 286 g/mol. The quantitative estimate of drug-likeness (QED) is 0.675. The van der Waals surface area contributed by atoms with Gasteiger partial charge < -0.3 is 14.7 Å². The summed E-state index contributed by atoms with van der Waals surface area (Å²) < 4.78 is 5.00. The molecule has 0 saturated heterocycles. The molecule has 1 heterocycles. The number of benzene rings is 1. The SMILES string of the molecule is CC(=O)C1=C(O)C(CN(C(C)=O)c2ccc(C)cc2)OC1=O. The highest BCUT2D eigenvalue weighted by Gasteiger charge is 2.38. The molecule has 0 aliphatic carbocycles. The second-order valence-electron chi connectivity index (χ2n) is 5.18. The van der Waals surface area contributed by atoms with E-state index in [0.717, 1.165) is 5.56 Å². The first-order valence-electron chi connectivity index (χ1n) is 6.81. The lowest BCUT2D eigenvalue weighted by molar-refractivity contribution is -0.141. The molecule has 0 fully saturated rings. The van der Waals surface area contributed by atoms with Gasteiger partial charge in [-0.1, -0.05) is 17.7 Å². The Morgan fingerprint density at radius 2 is 1.82 bits per heavy atom. The summed E-state index contributed by atoms with van der Waals surface area (Å²) in [6.45, 7) is 4.43. The van der Waals surface area contributed by atoms with Crippen LogP contribution in [0.2, 0.25) is 0 Å². The Morgan fingerprint density at radius 3 is 2.27 bits per heavy atom. The molecule has 0 aromatic heterocycles. The van der Waals surface area contributed by atoms with Crippen LogP contribution in [0.3, 0.4) is 0 Å². The monoisotopic (exact) mass is 303 g/mol. The average Bonchev–Trinajstić information content (AvgIpc) is 2.71. The first kappa shape index (κ1) is 15.8.